The number of carboxylic acid groups (broad SMARTS) is 1. The van der Waals surface area contributed by atoms with E-state index in [1.54, 1.807) is 11.3 Å². The average Bonchev–Trinajstić information content (AvgIpc) is 2.81. The second-order valence-electron chi connectivity index (χ2n) is 4.78. The largest absolute Gasteiger partial charge is 0.480 e. The van der Waals surface area contributed by atoms with Crippen molar-refractivity contribution in [2.75, 3.05) is 6.54 Å². The molecule has 0 aromatic carbocycles. The Balaban J connectivity index is 1.94. The van der Waals surface area contributed by atoms with E-state index in [1.807, 2.05) is 17.7 Å². The highest BCUT2D eigenvalue weighted by atomic mass is 32.1. The summed E-state index contributed by atoms with van der Waals surface area (Å²) >= 11 is 1.60. The van der Waals surface area contributed by atoms with Gasteiger partial charge in [-0.1, -0.05) is 0 Å². The normalized spacial score (nSPS) is 19.2. The lowest BCUT2D eigenvalue weighted by molar-refractivity contribution is -0.143. The van der Waals surface area contributed by atoms with Gasteiger partial charge in [-0.25, -0.2) is 9.59 Å². The molecule has 0 radical (unpaired) electrons. The Bertz CT molecular complexity index is 472. The van der Waals surface area contributed by atoms with E-state index in [0.29, 0.717) is 19.5 Å². The first-order valence-corrected chi connectivity index (χ1v) is 7.33. The fourth-order valence-electron chi connectivity index (χ4n) is 2.27. The summed E-state index contributed by atoms with van der Waals surface area (Å²) in [5, 5.41) is 16.0. The smallest absolute Gasteiger partial charge is 0.326 e. The monoisotopic (exact) mass is 282 g/mol. The highest BCUT2D eigenvalue weighted by molar-refractivity contribution is 7.08. The van der Waals surface area contributed by atoms with Crippen molar-refractivity contribution >= 4 is 23.3 Å². The SMILES string of the molecule is Cc1cscc1CNC(=O)N1CCCCC1C(=O)O. The van der Waals surface area contributed by atoms with Crippen molar-refractivity contribution in [3.8, 4) is 0 Å². The van der Waals surface area contributed by atoms with Crippen molar-refractivity contribution in [2.24, 2.45) is 0 Å². The van der Waals surface area contributed by atoms with Gasteiger partial charge < -0.3 is 15.3 Å². The highest BCUT2D eigenvalue weighted by Gasteiger charge is 2.31. The van der Waals surface area contributed by atoms with E-state index in [4.69, 9.17) is 5.11 Å². The van der Waals surface area contributed by atoms with E-state index in [0.717, 1.165) is 24.0 Å². The molecule has 0 bridgehead atoms. The van der Waals surface area contributed by atoms with Gasteiger partial charge in [-0.15, -0.1) is 0 Å². The molecule has 2 N–H and O–H groups in total. The molecule has 0 spiro atoms. The minimum absolute atomic E-state index is 0.280. The van der Waals surface area contributed by atoms with E-state index >= 15 is 0 Å². The number of piperidine rings is 1. The van der Waals surface area contributed by atoms with E-state index in [2.05, 4.69) is 5.32 Å². The Morgan fingerprint density at radius 1 is 1.47 bits per heavy atom. The Morgan fingerprint density at radius 2 is 2.26 bits per heavy atom. The third-order valence-corrected chi connectivity index (χ3v) is 4.35. The summed E-state index contributed by atoms with van der Waals surface area (Å²) in [4.78, 5) is 24.6. The first kappa shape index (κ1) is 13.9. The van der Waals surface area contributed by atoms with Gasteiger partial charge in [0.1, 0.15) is 6.04 Å². The minimum atomic E-state index is -0.915. The van der Waals surface area contributed by atoms with Gasteiger partial charge in [-0.2, -0.15) is 11.3 Å². The van der Waals surface area contributed by atoms with Crippen molar-refractivity contribution < 1.29 is 14.7 Å². The number of nitrogens with zero attached hydrogens (tertiary/aromatic N) is 1. The van der Waals surface area contributed by atoms with E-state index < -0.39 is 12.0 Å². The van der Waals surface area contributed by atoms with E-state index in [9.17, 15) is 9.59 Å². The molecule has 5 nitrogen and oxygen atoms in total. The summed E-state index contributed by atoms with van der Waals surface area (Å²) < 4.78 is 0. The Hall–Kier alpha value is -1.56. The number of carbonyl (C=O) groups excluding carboxylic acids is 1. The van der Waals surface area contributed by atoms with Crippen molar-refractivity contribution in [3.63, 3.8) is 0 Å². The van der Waals surface area contributed by atoms with Crippen molar-refractivity contribution in [1.82, 2.24) is 10.2 Å². The number of thiophene rings is 1. The summed E-state index contributed by atoms with van der Waals surface area (Å²) in [6.45, 7) is 2.97. The maximum atomic E-state index is 12.1. The lowest BCUT2D eigenvalue weighted by Crippen LogP contribution is -2.51. The third kappa shape index (κ3) is 3.26. The molecule has 1 aromatic heterocycles. The second kappa shape index (κ2) is 6.06. The number of carboxylic acids is 1. The number of amides is 2. The number of hydrogen-bond donors (Lipinski definition) is 2. The molecule has 1 aliphatic rings. The highest BCUT2D eigenvalue weighted by Crippen LogP contribution is 2.18. The molecule has 2 amide bonds. The van der Waals surface area contributed by atoms with Gasteiger partial charge in [0.2, 0.25) is 0 Å². The zero-order valence-electron chi connectivity index (χ0n) is 10.9. The molecule has 104 valence electrons. The first-order chi connectivity index (χ1) is 9.09. The van der Waals surface area contributed by atoms with Gasteiger partial charge in [-0.05, 0) is 48.1 Å². The van der Waals surface area contributed by atoms with E-state index in [1.165, 1.54) is 4.90 Å². The summed E-state index contributed by atoms with van der Waals surface area (Å²) in [5.74, 6) is -0.915. The lowest BCUT2D eigenvalue weighted by Gasteiger charge is -2.32. The van der Waals surface area contributed by atoms with Gasteiger partial charge in [-0.3, -0.25) is 0 Å². The second-order valence-corrected chi connectivity index (χ2v) is 5.53. The van der Waals surface area contributed by atoms with Crippen molar-refractivity contribution in [3.05, 3.63) is 21.9 Å². The van der Waals surface area contributed by atoms with Crippen LogP contribution < -0.4 is 5.32 Å². The lowest BCUT2D eigenvalue weighted by atomic mass is 10.0. The van der Waals surface area contributed by atoms with Crippen molar-refractivity contribution in [1.29, 1.82) is 0 Å². The molecule has 1 aromatic rings. The molecule has 1 fully saturated rings. The van der Waals surface area contributed by atoms with Gasteiger partial charge in [0.15, 0.2) is 0 Å². The number of carbonyl (C=O) groups is 2. The number of urea groups is 1. The van der Waals surface area contributed by atoms with Crippen LogP contribution in [0.15, 0.2) is 10.8 Å². The minimum Gasteiger partial charge on any atom is -0.480 e. The molecular weight excluding hydrogens is 264 g/mol. The summed E-state index contributed by atoms with van der Waals surface area (Å²) in [6, 6.07) is -0.963. The molecular formula is C13H18N2O3S. The van der Waals surface area contributed by atoms with Crippen LogP contribution in [0.3, 0.4) is 0 Å². The van der Waals surface area contributed by atoms with Crippen molar-refractivity contribution in [2.45, 2.75) is 38.8 Å². The molecule has 1 unspecified atom stereocenters. The number of rotatable bonds is 3. The average molecular weight is 282 g/mol. The van der Waals surface area contributed by atoms with Crippen LogP contribution in [0.1, 0.15) is 30.4 Å². The Kier molecular flexibility index (Phi) is 4.42. The maximum Gasteiger partial charge on any atom is 0.326 e. The fourth-order valence-corrected chi connectivity index (χ4v) is 3.13. The van der Waals surface area contributed by atoms with Crippen LogP contribution in [0.4, 0.5) is 4.79 Å². The Morgan fingerprint density at radius 3 is 2.89 bits per heavy atom. The molecule has 1 atom stereocenters. The molecule has 1 aliphatic heterocycles. The number of aliphatic carboxylic acids is 1. The predicted molar refractivity (Wildman–Crippen MR) is 73.3 cm³/mol. The van der Waals surface area contributed by atoms with Crippen LogP contribution in [0, 0.1) is 6.92 Å². The van der Waals surface area contributed by atoms with Crippen LogP contribution in [0.5, 0.6) is 0 Å². The topological polar surface area (TPSA) is 69.6 Å². The summed E-state index contributed by atoms with van der Waals surface area (Å²) in [5.41, 5.74) is 2.24. The number of aryl methyl sites for hydroxylation is 1. The number of nitrogens with one attached hydrogen (secondary N) is 1. The van der Waals surface area contributed by atoms with Crippen LogP contribution in [-0.2, 0) is 11.3 Å². The fraction of sp³-hybridized carbons (Fsp3) is 0.538. The number of likely N-dealkylation sites (tertiary alicyclic amines) is 1. The van der Waals surface area contributed by atoms with Gasteiger partial charge >= 0.3 is 12.0 Å². The third-order valence-electron chi connectivity index (χ3n) is 3.44. The summed E-state index contributed by atoms with van der Waals surface area (Å²) in [6.07, 6.45) is 2.28. The quantitative estimate of drug-likeness (QED) is 0.893. The zero-order chi connectivity index (χ0) is 13.8. The molecule has 0 saturated carbocycles. The maximum absolute atomic E-state index is 12.1. The zero-order valence-corrected chi connectivity index (χ0v) is 11.7. The molecule has 0 aliphatic carbocycles. The van der Waals surface area contributed by atoms with Gasteiger partial charge in [0, 0.05) is 13.1 Å². The summed E-state index contributed by atoms with van der Waals surface area (Å²) in [7, 11) is 0. The number of hydrogen-bond acceptors (Lipinski definition) is 3. The predicted octanol–water partition coefficient (Wildman–Crippen LogP) is 2.21. The first-order valence-electron chi connectivity index (χ1n) is 6.38. The van der Waals surface area contributed by atoms with Gasteiger partial charge in [0.25, 0.3) is 0 Å². The van der Waals surface area contributed by atoms with Crippen LogP contribution in [0.25, 0.3) is 0 Å². The molecule has 6 heteroatoms. The molecule has 1 saturated heterocycles. The standard InChI is InChI=1S/C13H18N2O3S/c1-9-7-19-8-10(9)6-14-13(18)15-5-3-2-4-11(15)12(16)17/h7-8,11H,2-6H2,1H3,(H,14,18)(H,16,17). The van der Waals surface area contributed by atoms with Crippen LogP contribution in [-0.4, -0.2) is 34.6 Å². The van der Waals surface area contributed by atoms with Crippen LogP contribution >= 0.6 is 11.3 Å². The van der Waals surface area contributed by atoms with Crippen LogP contribution in [0.2, 0.25) is 0 Å². The van der Waals surface area contributed by atoms with E-state index in [-0.39, 0.29) is 6.03 Å². The van der Waals surface area contributed by atoms with Gasteiger partial charge in [0.05, 0.1) is 0 Å². The molecule has 19 heavy (non-hydrogen) atoms. The molecule has 2 heterocycles. The molecule has 2 rings (SSSR count). The Labute approximate surface area is 116 Å².